The zero-order valence-corrected chi connectivity index (χ0v) is 19.9. The number of alkyl halides is 2. The number of hydrogen-bond acceptors (Lipinski definition) is 5. The molecule has 0 amide bonds. The van der Waals surface area contributed by atoms with Gasteiger partial charge in [-0.3, -0.25) is 9.56 Å². The summed E-state index contributed by atoms with van der Waals surface area (Å²) in [5.41, 5.74) is 0. The molecule has 0 aliphatic carbocycles. The van der Waals surface area contributed by atoms with Crippen LogP contribution in [0.1, 0.15) is 26.2 Å². The fourth-order valence-electron chi connectivity index (χ4n) is 2.85. The smallest absolute Gasteiger partial charge is 0.319 e. The largest absolute Gasteiger partial charge is 0.378 e. The molecule has 1 fully saturated rings. The minimum atomic E-state index is -3.37. The molecule has 9 nitrogen and oxygen atoms in total. The summed E-state index contributed by atoms with van der Waals surface area (Å²) in [6, 6.07) is 0. The lowest BCUT2D eigenvalue weighted by Crippen LogP contribution is -2.54. The quantitative estimate of drug-likeness (QED) is 0.299. The van der Waals surface area contributed by atoms with Crippen molar-refractivity contribution in [3.63, 3.8) is 0 Å². The van der Waals surface area contributed by atoms with E-state index < -0.39 is 16.6 Å². The van der Waals surface area contributed by atoms with Gasteiger partial charge in [-0.05, 0) is 13.8 Å². The number of guanidine groups is 1. The van der Waals surface area contributed by atoms with Gasteiger partial charge in [-0.1, -0.05) is 0 Å². The number of hydrogen-bond donors (Lipinski definition) is 1. The Hall–Kier alpha value is -1.06. The molecule has 1 aliphatic rings. The molecular formula is C16H29F2IN6O3S. The molecule has 1 aromatic heterocycles. The molecule has 29 heavy (non-hydrogen) atoms. The van der Waals surface area contributed by atoms with Crippen LogP contribution in [0, 0.1) is 0 Å². The zero-order chi connectivity index (χ0) is 20.7. The van der Waals surface area contributed by atoms with Crippen LogP contribution in [-0.2, 0) is 21.3 Å². The molecular weight excluding hydrogens is 521 g/mol. The Morgan fingerprint density at radius 1 is 1.31 bits per heavy atom. The molecule has 1 N–H and O–H groups in total. The summed E-state index contributed by atoms with van der Waals surface area (Å²) >= 11 is 0. The highest BCUT2D eigenvalue weighted by molar-refractivity contribution is 14.0. The van der Waals surface area contributed by atoms with Gasteiger partial charge < -0.3 is 15.0 Å². The van der Waals surface area contributed by atoms with E-state index in [1.54, 1.807) is 7.05 Å². The van der Waals surface area contributed by atoms with Crippen molar-refractivity contribution in [2.75, 3.05) is 45.6 Å². The van der Waals surface area contributed by atoms with E-state index in [4.69, 9.17) is 4.74 Å². The lowest BCUT2D eigenvalue weighted by atomic mass is 10.4. The number of sulfonamides is 1. The molecule has 13 heteroatoms. The van der Waals surface area contributed by atoms with Crippen LogP contribution in [0.4, 0.5) is 8.78 Å². The van der Waals surface area contributed by atoms with Gasteiger partial charge >= 0.3 is 6.55 Å². The Morgan fingerprint density at radius 2 is 1.97 bits per heavy atom. The summed E-state index contributed by atoms with van der Waals surface area (Å²) in [4.78, 5) is 9.98. The number of aromatic nitrogens is 2. The minimum absolute atomic E-state index is 0. The van der Waals surface area contributed by atoms with Gasteiger partial charge in [-0.25, -0.2) is 13.4 Å². The maximum atomic E-state index is 12.9. The van der Waals surface area contributed by atoms with E-state index in [-0.39, 0.29) is 54.8 Å². The SMILES string of the molecule is CN=C(NCc1nccn1C(F)F)N1CCN(S(=O)(=O)CCOC(C)C)CC1.I. The highest BCUT2D eigenvalue weighted by Gasteiger charge is 2.28. The Labute approximate surface area is 187 Å². The number of nitrogens with one attached hydrogen (secondary N) is 1. The summed E-state index contributed by atoms with van der Waals surface area (Å²) in [7, 11) is -1.78. The van der Waals surface area contributed by atoms with Crippen LogP contribution in [0.3, 0.4) is 0 Å². The number of piperazine rings is 1. The topological polar surface area (TPSA) is 92.1 Å². The van der Waals surface area contributed by atoms with E-state index in [1.807, 2.05) is 18.7 Å². The predicted octanol–water partition coefficient (Wildman–Crippen LogP) is 1.34. The van der Waals surface area contributed by atoms with Gasteiger partial charge in [0.05, 0.1) is 25.0 Å². The van der Waals surface area contributed by atoms with Crippen LogP contribution >= 0.6 is 24.0 Å². The lowest BCUT2D eigenvalue weighted by Gasteiger charge is -2.35. The predicted molar refractivity (Wildman–Crippen MR) is 117 cm³/mol. The molecule has 0 spiro atoms. The van der Waals surface area contributed by atoms with Crippen molar-refractivity contribution >= 4 is 40.0 Å². The summed E-state index contributed by atoms with van der Waals surface area (Å²) in [5.74, 6) is 0.667. The highest BCUT2D eigenvalue weighted by Crippen LogP contribution is 2.13. The van der Waals surface area contributed by atoms with E-state index in [2.05, 4.69) is 15.3 Å². The molecule has 0 unspecified atom stereocenters. The van der Waals surface area contributed by atoms with Crippen molar-refractivity contribution in [3.8, 4) is 0 Å². The molecule has 1 aromatic rings. The molecule has 1 aliphatic heterocycles. The fourth-order valence-corrected chi connectivity index (χ4v) is 4.13. The first kappa shape index (κ1) is 26.0. The molecule has 0 aromatic carbocycles. The van der Waals surface area contributed by atoms with E-state index in [0.717, 1.165) is 4.57 Å². The van der Waals surface area contributed by atoms with Gasteiger partial charge in [0.25, 0.3) is 0 Å². The Kier molecular flexibility index (Phi) is 10.7. The van der Waals surface area contributed by atoms with Crippen LogP contribution < -0.4 is 5.32 Å². The van der Waals surface area contributed by atoms with Gasteiger partial charge in [0.2, 0.25) is 10.0 Å². The number of nitrogens with zero attached hydrogens (tertiary/aromatic N) is 5. The average Bonchev–Trinajstić information content (AvgIpc) is 3.11. The molecule has 168 valence electrons. The average molecular weight is 550 g/mol. The second kappa shape index (κ2) is 12.0. The molecule has 2 heterocycles. The number of halogens is 3. The molecule has 0 bridgehead atoms. The van der Waals surface area contributed by atoms with E-state index in [0.29, 0.717) is 32.1 Å². The summed E-state index contributed by atoms with van der Waals surface area (Å²) < 4.78 is 58.1. The Morgan fingerprint density at radius 3 is 2.52 bits per heavy atom. The van der Waals surface area contributed by atoms with Crippen molar-refractivity contribution in [1.29, 1.82) is 0 Å². The van der Waals surface area contributed by atoms with Gasteiger partial charge in [0.15, 0.2) is 5.96 Å². The summed E-state index contributed by atoms with van der Waals surface area (Å²) in [6.45, 7) is 2.88. The van der Waals surface area contributed by atoms with Crippen molar-refractivity contribution < 1.29 is 21.9 Å². The molecule has 1 saturated heterocycles. The van der Waals surface area contributed by atoms with Gasteiger partial charge in [0.1, 0.15) is 5.82 Å². The van der Waals surface area contributed by atoms with Gasteiger partial charge in [-0.2, -0.15) is 13.1 Å². The molecule has 0 radical (unpaired) electrons. The summed E-state index contributed by atoms with van der Waals surface area (Å²) in [6.07, 6.45) is 2.53. The van der Waals surface area contributed by atoms with Crippen LogP contribution in [0.15, 0.2) is 17.4 Å². The second-order valence-corrected chi connectivity index (χ2v) is 8.64. The molecule has 2 rings (SSSR count). The first-order chi connectivity index (χ1) is 13.2. The minimum Gasteiger partial charge on any atom is -0.378 e. The van der Waals surface area contributed by atoms with E-state index >= 15 is 0 Å². The van der Waals surface area contributed by atoms with E-state index in [1.165, 1.54) is 16.7 Å². The maximum absolute atomic E-state index is 12.9. The molecule has 0 saturated carbocycles. The van der Waals surface area contributed by atoms with Crippen molar-refractivity contribution in [1.82, 2.24) is 24.1 Å². The number of imidazole rings is 1. The first-order valence-electron chi connectivity index (χ1n) is 9.09. The van der Waals surface area contributed by atoms with E-state index in [9.17, 15) is 17.2 Å². The second-order valence-electron chi connectivity index (χ2n) is 6.55. The van der Waals surface area contributed by atoms with Crippen molar-refractivity contribution in [3.05, 3.63) is 18.2 Å². The third-order valence-electron chi connectivity index (χ3n) is 4.30. The van der Waals surface area contributed by atoms with Crippen LogP contribution in [0.25, 0.3) is 0 Å². The number of ether oxygens (including phenoxy) is 1. The van der Waals surface area contributed by atoms with Crippen molar-refractivity contribution in [2.24, 2.45) is 4.99 Å². The third kappa shape index (κ3) is 7.61. The first-order valence-corrected chi connectivity index (χ1v) is 10.7. The van der Waals surface area contributed by atoms with Crippen LogP contribution in [0.5, 0.6) is 0 Å². The summed E-state index contributed by atoms with van der Waals surface area (Å²) in [5, 5.41) is 3.01. The monoisotopic (exact) mass is 550 g/mol. The standard InChI is InChI=1S/C16H28F2N6O3S.HI/c1-13(2)27-10-11-28(25,26)23-8-6-22(7-9-23)16(19-3)21-12-14-20-4-5-24(14)15(17)18;/h4-5,13,15H,6-12H2,1-3H3,(H,19,21);1H. The number of rotatable bonds is 8. The molecule has 0 atom stereocenters. The number of aliphatic imine (C=N–C) groups is 1. The third-order valence-corrected chi connectivity index (χ3v) is 6.13. The fraction of sp³-hybridized carbons (Fsp3) is 0.750. The highest BCUT2D eigenvalue weighted by atomic mass is 127. The normalized spacial score (nSPS) is 16.4. The van der Waals surface area contributed by atoms with Crippen LogP contribution in [0.2, 0.25) is 0 Å². The maximum Gasteiger partial charge on any atom is 0.319 e. The zero-order valence-electron chi connectivity index (χ0n) is 16.8. The Balaban J connectivity index is 0.00000420. The van der Waals surface area contributed by atoms with Gasteiger partial charge in [-0.15, -0.1) is 24.0 Å². The lowest BCUT2D eigenvalue weighted by molar-refractivity contribution is 0.0668. The van der Waals surface area contributed by atoms with Gasteiger partial charge in [0, 0.05) is 45.6 Å². The Bertz CT molecular complexity index is 752. The van der Waals surface area contributed by atoms with Crippen LogP contribution in [-0.4, -0.2) is 84.8 Å². The van der Waals surface area contributed by atoms with Crippen molar-refractivity contribution in [2.45, 2.75) is 33.0 Å².